The molecule has 0 aliphatic carbocycles. The Labute approximate surface area is 111 Å². The summed E-state index contributed by atoms with van der Waals surface area (Å²) >= 11 is 5.00. The number of aromatic amines is 1. The zero-order chi connectivity index (χ0) is 12.3. The number of rotatable bonds is 4. The number of nitrogens with zero attached hydrogens (tertiary/aromatic N) is 2. The van der Waals surface area contributed by atoms with Crippen LogP contribution >= 0.6 is 27.7 Å². The maximum atomic E-state index is 5.45. The Balaban J connectivity index is 2.07. The fourth-order valence-electron chi connectivity index (χ4n) is 1.25. The van der Waals surface area contributed by atoms with Crippen molar-refractivity contribution in [3.05, 3.63) is 28.2 Å². The molecule has 1 heterocycles. The lowest BCUT2D eigenvalue weighted by molar-refractivity contribution is 0.414. The van der Waals surface area contributed by atoms with E-state index < -0.39 is 0 Å². The van der Waals surface area contributed by atoms with Crippen LogP contribution in [0.15, 0.2) is 27.8 Å². The summed E-state index contributed by atoms with van der Waals surface area (Å²) in [6, 6.07) is 5.84. The van der Waals surface area contributed by atoms with E-state index >= 15 is 0 Å². The third kappa shape index (κ3) is 3.13. The molecule has 5 nitrogen and oxygen atoms in total. The molecule has 3 N–H and O–H groups in total. The lowest BCUT2D eigenvalue weighted by atomic mass is 10.2. The molecular weight excluding hydrogens is 304 g/mol. The van der Waals surface area contributed by atoms with E-state index in [-0.39, 0.29) is 0 Å². The van der Waals surface area contributed by atoms with Crippen LogP contribution in [0.4, 0.5) is 5.95 Å². The Bertz CT molecular complexity index is 517. The largest absolute Gasteiger partial charge is 0.497 e. The van der Waals surface area contributed by atoms with Gasteiger partial charge in [0.1, 0.15) is 5.75 Å². The molecule has 1 aromatic heterocycles. The van der Waals surface area contributed by atoms with Gasteiger partial charge in [-0.2, -0.15) is 4.98 Å². The molecule has 2 aromatic rings. The van der Waals surface area contributed by atoms with Crippen LogP contribution < -0.4 is 10.5 Å². The molecule has 0 fully saturated rings. The summed E-state index contributed by atoms with van der Waals surface area (Å²) in [4.78, 5) is 4.03. The van der Waals surface area contributed by atoms with Crippen LogP contribution in [0.5, 0.6) is 5.75 Å². The maximum absolute atomic E-state index is 5.45. The highest BCUT2D eigenvalue weighted by atomic mass is 79.9. The molecule has 90 valence electrons. The van der Waals surface area contributed by atoms with Crippen molar-refractivity contribution in [3.63, 3.8) is 0 Å². The molecule has 7 heteroatoms. The number of thioether (sulfide) groups is 1. The number of nitrogens with two attached hydrogens (primary N) is 1. The standard InChI is InChI=1S/C10H11BrN4OS/c1-16-7-2-3-8(11)6(4-7)5-17-10-13-9(12)14-15-10/h2-4H,5H2,1H3,(H3,12,13,14,15). The third-order valence-electron chi connectivity index (χ3n) is 2.09. The highest BCUT2D eigenvalue weighted by Crippen LogP contribution is 2.28. The molecule has 0 spiro atoms. The average Bonchev–Trinajstić information content (AvgIpc) is 2.74. The summed E-state index contributed by atoms with van der Waals surface area (Å²) in [5.74, 6) is 1.91. The molecule has 2 rings (SSSR count). The van der Waals surface area contributed by atoms with E-state index in [4.69, 9.17) is 10.5 Å². The van der Waals surface area contributed by atoms with Crippen molar-refractivity contribution < 1.29 is 4.74 Å². The van der Waals surface area contributed by atoms with E-state index in [1.165, 1.54) is 11.8 Å². The molecule has 0 aliphatic heterocycles. The Hall–Kier alpha value is -1.21. The first-order valence-electron chi connectivity index (χ1n) is 4.82. The first-order chi connectivity index (χ1) is 8.19. The molecule has 0 atom stereocenters. The lowest BCUT2D eigenvalue weighted by Gasteiger charge is -2.05. The average molecular weight is 315 g/mol. The van der Waals surface area contributed by atoms with Crippen molar-refractivity contribution in [2.75, 3.05) is 12.8 Å². The number of hydrogen-bond acceptors (Lipinski definition) is 5. The first kappa shape index (κ1) is 12.3. The zero-order valence-electron chi connectivity index (χ0n) is 9.11. The minimum absolute atomic E-state index is 0.331. The molecule has 0 aliphatic rings. The second-order valence-corrected chi connectivity index (χ2v) is 5.05. The van der Waals surface area contributed by atoms with Crippen LogP contribution in [0.1, 0.15) is 5.56 Å². The fourth-order valence-corrected chi connectivity index (χ4v) is 2.62. The van der Waals surface area contributed by atoms with Crippen LogP contribution in [0, 0.1) is 0 Å². The van der Waals surface area contributed by atoms with Crippen molar-refractivity contribution in [3.8, 4) is 5.75 Å². The van der Waals surface area contributed by atoms with Gasteiger partial charge in [0.25, 0.3) is 0 Å². The summed E-state index contributed by atoms with van der Waals surface area (Å²) in [5.41, 5.74) is 6.57. The summed E-state index contributed by atoms with van der Waals surface area (Å²) in [7, 11) is 1.65. The molecule has 0 unspecified atom stereocenters. The maximum Gasteiger partial charge on any atom is 0.216 e. The van der Waals surface area contributed by atoms with Gasteiger partial charge in [-0.25, -0.2) is 5.10 Å². The van der Waals surface area contributed by atoms with Gasteiger partial charge in [0, 0.05) is 10.2 Å². The monoisotopic (exact) mass is 314 g/mol. The van der Waals surface area contributed by atoms with Crippen LogP contribution in [-0.2, 0) is 5.75 Å². The van der Waals surface area contributed by atoms with Gasteiger partial charge < -0.3 is 10.5 Å². The molecule has 17 heavy (non-hydrogen) atoms. The van der Waals surface area contributed by atoms with Crippen LogP contribution in [-0.4, -0.2) is 22.3 Å². The Morgan fingerprint density at radius 2 is 2.35 bits per heavy atom. The van der Waals surface area contributed by atoms with E-state index in [0.717, 1.165) is 21.5 Å². The molecule has 0 saturated heterocycles. The van der Waals surface area contributed by atoms with Crippen molar-refractivity contribution in [1.82, 2.24) is 15.2 Å². The van der Waals surface area contributed by atoms with Crippen LogP contribution in [0.2, 0.25) is 0 Å². The highest BCUT2D eigenvalue weighted by Gasteiger charge is 2.06. The minimum atomic E-state index is 0.331. The molecule has 0 bridgehead atoms. The summed E-state index contributed by atoms with van der Waals surface area (Å²) < 4.78 is 6.21. The lowest BCUT2D eigenvalue weighted by Crippen LogP contribution is -1.88. The topological polar surface area (TPSA) is 76.8 Å². The zero-order valence-corrected chi connectivity index (χ0v) is 11.5. The number of nitrogens with one attached hydrogen (secondary N) is 1. The number of benzene rings is 1. The van der Waals surface area contributed by atoms with Gasteiger partial charge in [0.2, 0.25) is 11.1 Å². The second-order valence-electron chi connectivity index (χ2n) is 3.25. The van der Waals surface area contributed by atoms with Gasteiger partial charge in [-0.1, -0.05) is 27.7 Å². The Morgan fingerprint density at radius 1 is 1.53 bits per heavy atom. The number of ether oxygens (including phenoxy) is 1. The normalized spacial score (nSPS) is 10.5. The number of aromatic nitrogens is 3. The summed E-state index contributed by atoms with van der Waals surface area (Å²) in [6.45, 7) is 0. The van der Waals surface area contributed by atoms with E-state index in [1.54, 1.807) is 7.11 Å². The number of hydrogen-bond donors (Lipinski definition) is 2. The van der Waals surface area contributed by atoms with Gasteiger partial charge in [0.05, 0.1) is 7.11 Å². The molecule has 0 radical (unpaired) electrons. The molecular formula is C10H11BrN4OS. The summed E-state index contributed by atoms with van der Waals surface area (Å²) in [6.07, 6.45) is 0. The van der Waals surface area contributed by atoms with Crippen LogP contribution in [0.3, 0.4) is 0 Å². The quantitative estimate of drug-likeness (QED) is 0.848. The Morgan fingerprint density at radius 3 is 3.00 bits per heavy atom. The molecule has 0 amide bonds. The number of nitrogen functional groups attached to an aromatic ring is 1. The molecule has 1 aromatic carbocycles. The fraction of sp³-hybridized carbons (Fsp3) is 0.200. The predicted octanol–water partition coefficient (Wildman–Crippen LogP) is 2.45. The second kappa shape index (κ2) is 5.42. The minimum Gasteiger partial charge on any atom is -0.497 e. The number of anilines is 1. The molecule has 0 saturated carbocycles. The van der Waals surface area contributed by atoms with Crippen LogP contribution in [0.25, 0.3) is 0 Å². The van der Waals surface area contributed by atoms with Gasteiger partial charge in [-0.05, 0) is 23.8 Å². The smallest absolute Gasteiger partial charge is 0.216 e. The van der Waals surface area contributed by atoms with Crippen molar-refractivity contribution >= 4 is 33.6 Å². The van der Waals surface area contributed by atoms with E-state index in [2.05, 4.69) is 31.1 Å². The Kier molecular flexibility index (Phi) is 3.90. The van der Waals surface area contributed by atoms with Crippen molar-refractivity contribution in [2.45, 2.75) is 10.9 Å². The van der Waals surface area contributed by atoms with Crippen molar-refractivity contribution in [1.29, 1.82) is 0 Å². The highest BCUT2D eigenvalue weighted by molar-refractivity contribution is 9.10. The van der Waals surface area contributed by atoms with Gasteiger partial charge in [-0.3, -0.25) is 0 Å². The van der Waals surface area contributed by atoms with Gasteiger partial charge in [-0.15, -0.1) is 5.10 Å². The van der Waals surface area contributed by atoms with E-state index in [0.29, 0.717) is 11.1 Å². The SMILES string of the molecule is COc1ccc(Br)c(CSc2n[nH]c(N)n2)c1. The van der Waals surface area contributed by atoms with Crippen molar-refractivity contribution in [2.24, 2.45) is 0 Å². The first-order valence-corrected chi connectivity index (χ1v) is 6.60. The summed E-state index contributed by atoms with van der Waals surface area (Å²) in [5, 5.41) is 7.20. The number of halogens is 1. The number of methoxy groups -OCH3 is 1. The van der Waals surface area contributed by atoms with Gasteiger partial charge in [0.15, 0.2) is 0 Å². The number of H-pyrrole nitrogens is 1. The van der Waals surface area contributed by atoms with E-state index in [9.17, 15) is 0 Å². The van der Waals surface area contributed by atoms with Gasteiger partial charge >= 0.3 is 0 Å². The third-order valence-corrected chi connectivity index (χ3v) is 3.76. The predicted molar refractivity (Wildman–Crippen MR) is 71.1 cm³/mol. The van der Waals surface area contributed by atoms with E-state index in [1.807, 2.05) is 18.2 Å².